The van der Waals surface area contributed by atoms with E-state index < -0.39 is 0 Å². The summed E-state index contributed by atoms with van der Waals surface area (Å²) in [5, 5.41) is 0. The standard InChI is InChI=1S/C9H23NSi/c1-3-4-5-6-7-8-9(2)10-11/h9-10H,3-8H2,1-2,11H3. The van der Waals surface area contributed by atoms with Crippen LogP contribution < -0.4 is 4.98 Å². The van der Waals surface area contributed by atoms with Crippen molar-refractivity contribution < 1.29 is 0 Å². The van der Waals surface area contributed by atoms with Crippen LogP contribution in [0.5, 0.6) is 0 Å². The molecule has 0 aliphatic heterocycles. The molecule has 0 fully saturated rings. The molecule has 0 aliphatic carbocycles. The zero-order chi connectivity index (χ0) is 8.53. The van der Waals surface area contributed by atoms with Gasteiger partial charge >= 0.3 is 0 Å². The Morgan fingerprint density at radius 3 is 2.36 bits per heavy atom. The van der Waals surface area contributed by atoms with Gasteiger partial charge in [-0.05, 0) is 12.5 Å². The molecule has 1 nitrogen and oxygen atoms in total. The molecule has 0 radical (unpaired) electrons. The lowest BCUT2D eigenvalue weighted by atomic mass is 10.1. The minimum absolute atomic E-state index is 0.767. The van der Waals surface area contributed by atoms with E-state index in [1.807, 2.05) is 0 Å². The van der Waals surface area contributed by atoms with E-state index in [0.29, 0.717) is 0 Å². The average molecular weight is 173 g/mol. The lowest BCUT2D eigenvalue weighted by Crippen LogP contribution is -2.22. The Morgan fingerprint density at radius 2 is 1.82 bits per heavy atom. The smallest absolute Gasteiger partial charge is 0.0752 e. The minimum atomic E-state index is 0.767. The van der Waals surface area contributed by atoms with E-state index in [1.54, 1.807) is 0 Å². The summed E-state index contributed by atoms with van der Waals surface area (Å²) in [6, 6.07) is 0.767. The molecule has 0 aromatic heterocycles. The van der Waals surface area contributed by atoms with Gasteiger partial charge in [0.15, 0.2) is 0 Å². The molecule has 0 rings (SSSR count). The molecule has 0 saturated heterocycles. The fourth-order valence-corrected chi connectivity index (χ4v) is 1.49. The molecule has 0 amide bonds. The summed E-state index contributed by atoms with van der Waals surface area (Å²) < 4.78 is 0. The molecule has 0 bridgehead atoms. The third kappa shape index (κ3) is 8.08. The number of rotatable bonds is 7. The van der Waals surface area contributed by atoms with Crippen LogP contribution in [0.2, 0.25) is 0 Å². The van der Waals surface area contributed by atoms with E-state index in [0.717, 1.165) is 16.4 Å². The highest BCUT2D eigenvalue weighted by Gasteiger charge is 1.95. The highest BCUT2D eigenvalue weighted by molar-refractivity contribution is 6.04. The number of hydrogen-bond acceptors (Lipinski definition) is 1. The van der Waals surface area contributed by atoms with E-state index in [9.17, 15) is 0 Å². The number of unbranched alkanes of at least 4 members (excludes halogenated alkanes) is 4. The molecule has 1 atom stereocenters. The van der Waals surface area contributed by atoms with Crippen LogP contribution in [0.3, 0.4) is 0 Å². The van der Waals surface area contributed by atoms with Crippen LogP contribution in [0.4, 0.5) is 0 Å². The van der Waals surface area contributed by atoms with Crippen molar-refractivity contribution >= 4 is 10.4 Å². The summed E-state index contributed by atoms with van der Waals surface area (Å²) in [4.78, 5) is 3.39. The summed E-state index contributed by atoms with van der Waals surface area (Å²) in [5.41, 5.74) is 0. The van der Waals surface area contributed by atoms with Crippen LogP contribution in [0.25, 0.3) is 0 Å². The predicted octanol–water partition coefficient (Wildman–Crippen LogP) is 1.61. The Bertz CT molecular complexity index is 76.0. The van der Waals surface area contributed by atoms with Crippen molar-refractivity contribution in [2.24, 2.45) is 0 Å². The van der Waals surface area contributed by atoms with E-state index in [1.165, 1.54) is 38.5 Å². The first kappa shape index (κ1) is 11.2. The first-order valence-corrected chi connectivity index (χ1v) is 5.98. The van der Waals surface area contributed by atoms with Crippen LogP contribution in [0, 0.1) is 0 Å². The molecule has 68 valence electrons. The summed E-state index contributed by atoms with van der Waals surface area (Å²) >= 11 is 0. The Balaban J connectivity index is 2.89. The van der Waals surface area contributed by atoms with E-state index in [-0.39, 0.29) is 0 Å². The maximum absolute atomic E-state index is 3.39. The minimum Gasteiger partial charge on any atom is -0.343 e. The zero-order valence-corrected chi connectivity index (χ0v) is 10.3. The normalized spacial score (nSPS) is 13.6. The van der Waals surface area contributed by atoms with Gasteiger partial charge in [-0.1, -0.05) is 46.0 Å². The average Bonchev–Trinajstić information content (AvgIpc) is 2.04. The molecular formula is C9H23NSi. The summed E-state index contributed by atoms with van der Waals surface area (Å²) in [5.74, 6) is 0. The van der Waals surface area contributed by atoms with Gasteiger partial charge in [-0.15, -0.1) is 0 Å². The molecule has 0 aliphatic rings. The monoisotopic (exact) mass is 173 g/mol. The van der Waals surface area contributed by atoms with Gasteiger partial charge < -0.3 is 4.98 Å². The predicted molar refractivity (Wildman–Crippen MR) is 55.9 cm³/mol. The Hall–Kier alpha value is 0.177. The number of nitrogens with one attached hydrogen (secondary N) is 1. The SMILES string of the molecule is CCCCCCCC(C)N[SiH3]. The van der Waals surface area contributed by atoms with E-state index >= 15 is 0 Å². The third-order valence-corrected chi connectivity index (χ3v) is 3.22. The van der Waals surface area contributed by atoms with Gasteiger partial charge in [0, 0.05) is 0 Å². The highest BCUT2D eigenvalue weighted by atomic mass is 28.2. The first-order chi connectivity index (χ1) is 5.31. The molecular weight excluding hydrogens is 150 g/mol. The molecule has 0 aromatic rings. The molecule has 0 aromatic carbocycles. The van der Waals surface area contributed by atoms with Crippen LogP contribution in [-0.4, -0.2) is 16.4 Å². The molecule has 0 saturated carbocycles. The van der Waals surface area contributed by atoms with Crippen LogP contribution in [0.1, 0.15) is 52.4 Å². The topological polar surface area (TPSA) is 12.0 Å². The van der Waals surface area contributed by atoms with Crippen LogP contribution in [0.15, 0.2) is 0 Å². The highest BCUT2D eigenvalue weighted by Crippen LogP contribution is 2.06. The quantitative estimate of drug-likeness (QED) is 0.455. The van der Waals surface area contributed by atoms with Crippen molar-refractivity contribution in [3.05, 3.63) is 0 Å². The van der Waals surface area contributed by atoms with Gasteiger partial charge in [0.25, 0.3) is 0 Å². The third-order valence-electron chi connectivity index (χ3n) is 2.23. The summed E-state index contributed by atoms with van der Waals surface area (Å²) in [7, 11) is 1.14. The van der Waals surface area contributed by atoms with Crippen molar-refractivity contribution in [2.45, 2.75) is 58.4 Å². The lowest BCUT2D eigenvalue weighted by molar-refractivity contribution is 0.543. The Morgan fingerprint density at radius 1 is 1.18 bits per heavy atom. The van der Waals surface area contributed by atoms with Gasteiger partial charge in [0.1, 0.15) is 0 Å². The molecule has 1 N–H and O–H groups in total. The maximum atomic E-state index is 3.39. The van der Waals surface area contributed by atoms with Crippen molar-refractivity contribution in [2.75, 3.05) is 0 Å². The Kier molecular flexibility index (Phi) is 8.41. The van der Waals surface area contributed by atoms with Crippen molar-refractivity contribution in [3.63, 3.8) is 0 Å². The summed E-state index contributed by atoms with van der Waals surface area (Å²) in [6.45, 7) is 4.55. The maximum Gasteiger partial charge on any atom is 0.0752 e. The summed E-state index contributed by atoms with van der Waals surface area (Å²) in [6.07, 6.45) is 8.42. The fraction of sp³-hybridized carbons (Fsp3) is 1.00. The van der Waals surface area contributed by atoms with Gasteiger partial charge in [-0.25, -0.2) is 0 Å². The van der Waals surface area contributed by atoms with Crippen molar-refractivity contribution in [3.8, 4) is 0 Å². The van der Waals surface area contributed by atoms with Crippen molar-refractivity contribution in [1.29, 1.82) is 0 Å². The fourth-order valence-electron chi connectivity index (χ4n) is 1.20. The molecule has 1 unspecified atom stereocenters. The van der Waals surface area contributed by atoms with E-state index in [4.69, 9.17) is 0 Å². The second-order valence-corrected chi connectivity index (χ2v) is 3.97. The van der Waals surface area contributed by atoms with Gasteiger partial charge in [-0.2, -0.15) is 0 Å². The zero-order valence-electron chi connectivity index (χ0n) is 8.32. The van der Waals surface area contributed by atoms with Gasteiger partial charge in [0.05, 0.1) is 10.4 Å². The first-order valence-electron chi connectivity index (χ1n) is 4.98. The number of hydrogen-bond donors (Lipinski definition) is 1. The molecule has 2 heteroatoms. The molecule has 0 heterocycles. The van der Waals surface area contributed by atoms with E-state index in [2.05, 4.69) is 18.8 Å². The largest absolute Gasteiger partial charge is 0.343 e. The molecule has 0 spiro atoms. The molecule has 11 heavy (non-hydrogen) atoms. The second kappa shape index (κ2) is 8.28. The van der Waals surface area contributed by atoms with Crippen LogP contribution in [-0.2, 0) is 0 Å². The van der Waals surface area contributed by atoms with Crippen LogP contribution >= 0.6 is 0 Å². The lowest BCUT2D eigenvalue weighted by Gasteiger charge is -2.08. The Labute approximate surface area is 74.5 Å². The van der Waals surface area contributed by atoms with Crippen molar-refractivity contribution in [1.82, 2.24) is 4.98 Å². The second-order valence-electron chi connectivity index (χ2n) is 3.39. The van der Waals surface area contributed by atoms with Gasteiger partial charge in [-0.3, -0.25) is 0 Å². The van der Waals surface area contributed by atoms with Gasteiger partial charge in [0.2, 0.25) is 0 Å².